The zero-order valence-corrected chi connectivity index (χ0v) is 22.6. The predicted octanol–water partition coefficient (Wildman–Crippen LogP) is 8.51. The molecule has 1 N–H and O–H groups in total. The van der Waals surface area contributed by atoms with Crippen molar-refractivity contribution in [2.75, 3.05) is 19.8 Å². The van der Waals surface area contributed by atoms with Crippen LogP contribution >= 0.6 is 11.6 Å². The zero-order valence-electron chi connectivity index (χ0n) is 21.8. The summed E-state index contributed by atoms with van der Waals surface area (Å²) in [6.45, 7) is 3.10. The monoisotopic (exact) mass is 511 g/mol. The van der Waals surface area contributed by atoms with Crippen LogP contribution in [0.2, 0.25) is 5.02 Å². The highest BCUT2D eigenvalue weighted by Gasteiger charge is 2.12. The van der Waals surface area contributed by atoms with Crippen LogP contribution in [0.5, 0.6) is 0 Å². The number of nitrogens with zero attached hydrogens (tertiary/aromatic N) is 1. The number of unbranched alkanes of at least 4 members (excludes halogenated alkanes) is 15. The molecule has 0 aliphatic carbocycles. The van der Waals surface area contributed by atoms with E-state index in [1.165, 1.54) is 102 Å². The molecule has 0 aliphatic heterocycles. The Morgan fingerprint density at radius 3 is 1.89 bits per heavy atom. The Bertz CT molecular complexity index is 695. The molecule has 0 saturated carbocycles. The molecule has 4 nitrogen and oxygen atoms in total. The quantitative estimate of drug-likeness (QED) is 0.149. The van der Waals surface area contributed by atoms with E-state index >= 15 is 0 Å². The third-order valence-electron chi connectivity index (χ3n) is 6.34. The molecule has 0 aromatic heterocycles. The summed E-state index contributed by atoms with van der Waals surface area (Å²) in [5.41, 5.74) is 0.574. The van der Waals surface area contributed by atoms with E-state index < -0.39 is 11.9 Å². The van der Waals surface area contributed by atoms with Gasteiger partial charge in [0.15, 0.2) is 0 Å². The molecule has 1 rings (SSSR count). The lowest BCUT2D eigenvalue weighted by atomic mass is 10.0. The number of nitriles is 1. The number of hydrogen-bond donors (Lipinski definition) is 1. The fraction of sp³-hybridized carbons (Fsp3) is 0.759. The van der Waals surface area contributed by atoms with Crippen LogP contribution in [0.15, 0.2) is 12.1 Å². The highest BCUT2D eigenvalue weighted by Crippen LogP contribution is 2.22. The van der Waals surface area contributed by atoms with E-state index in [1.807, 2.05) is 6.07 Å². The van der Waals surface area contributed by atoms with Gasteiger partial charge in [0.2, 0.25) is 0 Å². The molecule has 1 aromatic carbocycles. The second kappa shape index (κ2) is 22.0. The van der Waals surface area contributed by atoms with Gasteiger partial charge in [-0.15, -0.1) is 0 Å². The first-order chi connectivity index (χ1) is 17.1. The first-order valence-electron chi connectivity index (χ1n) is 13.8. The Balaban J connectivity index is 1.93. The van der Waals surface area contributed by atoms with Crippen molar-refractivity contribution in [3.05, 3.63) is 34.1 Å². The minimum absolute atomic E-state index is 0.0746. The average molecular weight is 512 g/mol. The molecule has 0 bridgehead atoms. The Kier molecular flexibility index (Phi) is 20.1. The number of aliphatic hydroxyl groups excluding tert-OH is 1. The molecule has 0 amide bonds. The van der Waals surface area contributed by atoms with E-state index in [0.29, 0.717) is 12.2 Å². The summed E-state index contributed by atoms with van der Waals surface area (Å²) < 4.78 is 25.0. The van der Waals surface area contributed by atoms with Gasteiger partial charge >= 0.3 is 0 Å². The molecule has 200 valence electrons. The molecule has 0 saturated heterocycles. The van der Waals surface area contributed by atoms with E-state index in [9.17, 15) is 9.50 Å². The minimum Gasteiger partial charge on any atom is -0.394 e. The maximum Gasteiger partial charge on any atom is 0.143 e. The number of ether oxygens (including phenoxy) is 2. The smallest absolute Gasteiger partial charge is 0.143 e. The number of rotatable bonds is 23. The summed E-state index contributed by atoms with van der Waals surface area (Å²) in [7, 11) is 0. The number of aliphatic hydroxyl groups is 1. The summed E-state index contributed by atoms with van der Waals surface area (Å²) in [6.07, 6.45) is 20.9. The number of hydrogen-bond acceptors (Lipinski definition) is 4. The van der Waals surface area contributed by atoms with E-state index in [0.717, 1.165) is 12.8 Å². The van der Waals surface area contributed by atoms with Crippen LogP contribution < -0.4 is 0 Å². The van der Waals surface area contributed by atoms with Crippen LogP contribution in [-0.4, -0.2) is 31.0 Å². The Morgan fingerprint density at radius 2 is 1.40 bits per heavy atom. The fourth-order valence-electron chi connectivity index (χ4n) is 4.14. The van der Waals surface area contributed by atoms with Crippen LogP contribution in [0.1, 0.15) is 121 Å². The fourth-order valence-corrected chi connectivity index (χ4v) is 4.30. The second-order valence-corrected chi connectivity index (χ2v) is 9.92. The number of benzene rings is 1. The van der Waals surface area contributed by atoms with Gasteiger partial charge in [0.05, 0.1) is 30.4 Å². The minimum atomic E-state index is -0.649. The SMILES string of the molecule is CCCCCCCCCCCCCCCCCCOC[C@H](CO)OCc1cc(F)c(Cl)c(C#N)c1. The predicted molar refractivity (Wildman–Crippen MR) is 142 cm³/mol. The molecule has 35 heavy (non-hydrogen) atoms. The van der Waals surface area contributed by atoms with E-state index in [1.54, 1.807) is 0 Å². The third-order valence-corrected chi connectivity index (χ3v) is 6.73. The Hall–Kier alpha value is -1.19. The maximum absolute atomic E-state index is 13.8. The van der Waals surface area contributed by atoms with Gasteiger partial charge in [0.25, 0.3) is 0 Å². The molecule has 0 fully saturated rings. The second-order valence-electron chi connectivity index (χ2n) is 9.54. The molecule has 0 aliphatic rings. The van der Waals surface area contributed by atoms with Gasteiger partial charge in [-0.2, -0.15) is 5.26 Å². The Morgan fingerprint density at radius 1 is 0.886 bits per heavy atom. The molecular formula is C29H47ClFNO3. The number of halogens is 2. The van der Waals surface area contributed by atoms with Crippen LogP contribution in [0.4, 0.5) is 4.39 Å². The van der Waals surface area contributed by atoms with Gasteiger partial charge in [0, 0.05) is 6.61 Å². The standard InChI is InChI=1S/C29H47ClFNO3/c1-2-3-4-5-6-7-8-9-10-11-12-13-14-15-16-17-18-34-24-27(22-33)35-23-25-19-26(21-32)29(30)28(31)20-25/h19-20,27,33H,2-18,22-24H2,1H3/t27-/m0/s1. The van der Waals surface area contributed by atoms with E-state index in [4.69, 9.17) is 26.3 Å². The molecule has 1 aromatic rings. The van der Waals surface area contributed by atoms with Gasteiger partial charge in [-0.3, -0.25) is 0 Å². The van der Waals surface area contributed by atoms with Crippen molar-refractivity contribution in [2.24, 2.45) is 0 Å². The van der Waals surface area contributed by atoms with E-state index in [-0.39, 0.29) is 30.4 Å². The van der Waals surface area contributed by atoms with Crippen LogP contribution in [0.25, 0.3) is 0 Å². The third kappa shape index (κ3) is 16.2. The highest BCUT2D eigenvalue weighted by molar-refractivity contribution is 6.31. The van der Waals surface area contributed by atoms with Crippen molar-refractivity contribution >= 4 is 11.6 Å². The lowest BCUT2D eigenvalue weighted by Crippen LogP contribution is -2.24. The Labute approximate surface area is 218 Å². The summed E-state index contributed by atoms with van der Waals surface area (Å²) in [5, 5.41) is 18.3. The van der Waals surface area contributed by atoms with Gasteiger partial charge in [-0.1, -0.05) is 115 Å². The zero-order chi connectivity index (χ0) is 25.6. The van der Waals surface area contributed by atoms with Crippen molar-refractivity contribution in [3.8, 4) is 6.07 Å². The van der Waals surface area contributed by atoms with Gasteiger partial charge in [-0.05, 0) is 24.1 Å². The largest absolute Gasteiger partial charge is 0.394 e. The first kappa shape index (κ1) is 31.8. The van der Waals surface area contributed by atoms with Gasteiger partial charge in [-0.25, -0.2) is 4.39 Å². The van der Waals surface area contributed by atoms with Gasteiger partial charge < -0.3 is 14.6 Å². The first-order valence-corrected chi connectivity index (χ1v) is 14.2. The molecule has 0 unspecified atom stereocenters. The van der Waals surface area contributed by atoms with Crippen LogP contribution in [0, 0.1) is 17.1 Å². The van der Waals surface area contributed by atoms with Crippen molar-refractivity contribution < 1.29 is 19.0 Å². The highest BCUT2D eigenvalue weighted by atomic mass is 35.5. The topological polar surface area (TPSA) is 62.5 Å². The lowest BCUT2D eigenvalue weighted by molar-refractivity contribution is -0.0503. The molecule has 0 heterocycles. The van der Waals surface area contributed by atoms with Crippen LogP contribution in [0.3, 0.4) is 0 Å². The lowest BCUT2D eigenvalue weighted by Gasteiger charge is -2.16. The summed E-state index contributed by atoms with van der Waals surface area (Å²) in [4.78, 5) is 0. The van der Waals surface area contributed by atoms with E-state index in [2.05, 4.69) is 6.92 Å². The molecule has 0 radical (unpaired) electrons. The molecule has 1 atom stereocenters. The molecule has 6 heteroatoms. The van der Waals surface area contributed by atoms with Gasteiger partial charge in [0.1, 0.15) is 18.0 Å². The summed E-state index contributed by atoms with van der Waals surface area (Å²) in [5.74, 6) is -0.649. The molecular weight excluding hydrogens is 465 g/mol. The summed E-state index contributed by atoms with van der Waals surface area (Å²) in [6, 6.07) is 4.61. The normalized spacial score (nSPS) is 12.1. The summed E-state index contributed by atoms with van der Waals surface area (Å²) >= 11 is 5.75. The maximum atomic E-state index is 13.8. The van der Waals surface area contributed by atoms with Crippen molar-refractivity contribution in [3.63, 3.8) is 0 Å². The van der Waals surface area contributed by atoms with Crippen molar-refractivity contribution in [1.29, 1.82) is 5.26 Å². The average Bonchev–Trinajstić information content (AvgIpc) is 2.86. The van der Waals surface area contributed by atoms with Crippen molar-refractivity contribution in [1.82, 2.24) is 0 Å². The van der Waals surface area contributed by atoms with Crippen LogP contribution in [-0.2, 0) is 16.1 Å². The molecule has 0 spiro atoms. The van der Waals surface area contributed by atoms with Crippen molar-refractivity contribution in [2.45, 2.75) is 122 Å².